The molecule has 0 rings (SSSR count). The molecular formula is C6H11NOS. The van der Waals surface area contributed by atoms with Crippen LogP contribution in [0.1, 0.15) is 6.92 Å². The van der Waals surface area contributed by atoms with E-state index >= 15 is 0 Å². The predicted molar refractivity (Wildman–Crippen MR) is 41.3 cm³/mol. The number of allylic oxidation sites excluding steroid dienone is 1. The minimum absolute atomic E-state index is 0.0775. The molecule has 2 nitrogen and oxygen atoms in total. The first kappa shape index (κ1) is 8.56. The molecule has 0 saturated carbocycles. The monoisotopic (exact) mass is 145 g/mol. The highest BCUT2D eigenvalue weighted by Gasteiger charge is 1.90. The van der Waals surface area contributed by atoms with E-state index in [1.165, 1.54) is 18.7 Å². The fraction of sp³-hybridized carbons (Fsp3) is 0.500. The maximum atomic E-state index is 10.4. The molecule has 0 radical (unpaired) electrons. The number of thioether (sulfide) groups is 1. The van der Waals surface area contributed by atoms with Crippen LogP contribution < -0.4 is 5.32 Å². The molecule has 0 spiro atoms. The van der Waals surface area contributed by atoms with E-state index in [0.717, 1.165) is 5.03 Å². The fourth-order valence-electron chi connectivity index (χ4n) is 0.418. The Morgan fingerprint density at radius 1 is 1.67 bits per heavy atom. The molecule has 0 bridgehead atoms. The number of carbonyl (C=O) groups is 1. The average Bonchev–Trinajstić information content (AvgIpc) is 1.82. The number of carbonyl (C=O) groups excluding carboxylic acids is 1. The zero-order valence-corrected chi connectivity index (χ0v) is 6.71. The number of hydrogen-bond donors (Lipinski definition) is 1. The van der Waals surface area contributed by atoms with Gasteiger partial charge in [-0.05, 0) is 13.2 Å². The Labute approximate surface area is 59.7 Å². The molecule has 9 heavy (non-hydrogen) atoms. The van der Waals surface area contributed by atoms with Crippen molar-refractivity contribution < 1.29 is 4.79 Å². The summed E-state index contributed by atoms with van der Waals surface area (Å²) in [6, 6.07) is 0. The first-order valence-electron chi connectivity index (χ1n) is 2.64. The lowest BCUT2D eigenvalue weighted by Gasteiger charge is -1.98. The standard InChI is InChI=1S/C6H11NOS/c1-5(8)4-6(7-2)9-3/h4,7H,1-3H3/b6-4+. The van der Waals surface area contributed by atoms with Crippen LogP contribution in [0.5, 0.6) is 0 Å². The fourth-order valence-corrected chi connectivity index (χ4v) is 0.906. The lowest BCUT2D eigenvalue weighted by Crippen LogP contribution is -2.03. The number of hydrogen-bond acceptors (Lipinski definition) is 3. The lowest BCUT2D eigenvalue weighted by atomic mass is 10.4. The van der Waals surface area contributed by atoms with Gasteiger partial charge in [0.05, 0.1) is 5.03 Å². The van der Waals surface area contributed by atoms with E-state index in [0.29, 0.717) is 0 Å². The molecule has 3 heteroatoms. The molecule has 0 fully saturated rings. The molecule has 0 saturated heterocycles. The molecular weight excluding hydrogens is 134 g/mol. The smallest absolute Gasteiger partial charge is 0.155 e. The third kappa shape index (κ3) is 4.09. The Morgan fingerprint density at radius 2 is 2.22 bits per heavy atom. The largest absolute Gasteiger partial charge is 0.383 e. The van der Waals surface area contributed by atoms with Crippen molar-refractivity contribution in [2.75, 3.05) is 13.3 Å². The highest BCUT2D eigenvalue weighted by atomic mass is 32.2. The summed E-state index contributed by atoms with van der Waals surface area (Å²) in [4.78, 5) is 10.4. The van der Waals surface area contributed by atoms with E-state index in [9.17, 15) is 4.79 Å². The minimum Gasteiger partial charge on any atom is -0.383 e. The van der Waals surface area contributed by atoms with E-state index in [4.69, 9.17) is 0 Å². The highest BCUT2D eigenvalue weighted by molar-refractivity contribution is 8.02. The van der Waals surface area contributed by atoms with E-state index in [2.05, 4.69) is 5.32 Å². The van der Waals surface area contributed by atoms with Gasteiger partial charge in [-0.1, -0.05) is 0 Å². The maximum Gasteiger partial charge on any atom is 0.155 e. The first-order chi connectivity index (χ1) is 4.20. The third-order valence-electron chi connectivity index (χ3n) is 0.801. The molecule has 0 atom stereocenters. The summed E-state index contributed by atoms with van der Waals surface area (Å²) in [6.45, 7) is 1.54. The van der Waals surface area contributed by atoms with Crippen molar-refractivity contribution in [3.05, 3.63) is 11.1 Å². The molecule has 1 N–H and O–H groups in total. The van der Waals surface area contributed by atoms with Crippen molar-refractivity contribution in [1.82, 2.24) is 5.32 Å². The van der Waals surface area contributed by atoms with E-state index in [1.807, 2.05) is 6.26 Å². The van der Waals surface area contributed by atoms with Crippen LogP contribution in [0.15, 0.2) is 11.1 Å². The van der Waals surface area contributed by atoms with Crippen molar-refractivity contribution in [2.45, 2.75) is 6.92 Å². The van der Waals surface area contributed by atoms with Gasteiger partial charge in [0.1, 0.15) is 0 Å². The molecule has 0 aliphatic rings. The second-order valence-corrected chi connectivity index (χ2v) is 2.42. The first-order valence-corrected chi connectivity index (χ1v) is 3.87. The normalized spacial score (nSPS) is 11.2. The van der Waals surface area contributed by atoms with Crippen molar-refractivity contribution in [1.29, 1.82) is 0 Å². The van der Waals surface area contributed by atoms with Crippen LogP contribution in [0.25, 0.3) is 0 Å². The third-order valence-corrected chi connectivity index (χ3v) is 1.56. The summed E-state index contributed by atoms with van der Waals surface area (Å²) in [7, 11) is 1.80. The molecule has 0 aliphatic heterocycles. The van der Waals surface area contributed by atoms with E-state index in [-0.39, 0.29) is 5.78 Å². The van der Waals surface area contributed by atoms with Gasteiger partial charge in [-0.2, -0.15) is 0 Å². The number of rotatable bonds is 3. The summed E-state index contributed by atoms with van der Waals surface area (Å²) >= 11 is 1.53. The lowest BCUT2D eigenvalue weighted by molar-refractivity contribution is -0.112. The summed E-state index contributed by atoms with van der Waals surface area (Å²) < 4.78 is 0. The van der Waals surface area contributed by atoms with Gasteiger partial charge in [0, 0.05) is 13.1 Å². The number of ketones is 1. The Hall–Kier alpha value is -0.440. The summed E-state index contributed by atoms with van der Waals surface area (Å²) in [6.07, 6.45) is 3.50. The van der Waals surface area contributed by atoms with Crippen molar-refractivity contribution in [3.8, 4) is 0 Å². The van der Waals surface area contributed by atoms with Crippen molar-refractivity contribution >= 4 is 17.5 Å². The van der Waals surface area contributed by atoms with Gasteiger partial charge in [-0.3, -0.25) is 4.79 Å². The molecule has 0 aromatic carbocycles. The Bertz CT molecular complexity index is 125. The Morgan fingerprint density at radius 3 is 2.33 bits per heavy atom. The molecule has 52 valence electrons. The van der Waals surface area contributed by atoms with Gasteiger partial charge in [0.2, 0.25) is 0 Å². The second-order valence-electron chi connectivity index (χ2n) is 1.57. The van der Waals surface area contributed by atoms with Gasteiger partial charge in [-0.15, -0.1) is 11.8 Å². The van der Waals surface area contributed by atoms with Gasteiger partial charge in [0.15, 0.2) is 5.78 Å². The van der Waals surface area contributed by atoms with Crippen LogP contribution in [0.3, 0.4) is 0 Å². The molecule has 0 unspecified atom stereocenters. The van der Waals surface area contributed by atoms with Gasteiger partial charge in [-0.25, -0.2) is 0 Å². The highest BCUT2D eigenvalue weighted by Crippen LogP contribution is 2.05. The van der Waals surface area contributed by atoms with Crippen LogP contribution in [0.4, 0.5) is 0 Å². The predicted octanol–water partition coefficient (Wildman–Crippen LogP) is 0.999. The van der Waals surface area contributed by atoms with Gasteiger partial charge in [0.25, 0.3) is 0 Å². The molecule has 0 heterocycles. The molecule has 0 aromatic heterocycles. The van der Waals surface area contributed by atoms with Crippen LogP contribution in [0, 0.1) is 0 Å². The SMILES string of the molecule is CN/C(=C\C(C)=O)SC. The van der Waals surface area contributed by atoms with Crippen LogP contribution in [-0.4, -0.2) is 19.1 Å². The molecule has 0 aliphatic carbocycles. The molecule has 0 amide bonds. The van der Waals surface area contributed by atoms with E-state index in [1.54, 1.807) is 13.1 Å². The quantitative estimate of drug-likeness (QED) is 0.601. The van der Waals surface area contributed by atoms with Crippen LogP contribution in [-0.2, 0) is 4.79 Å². The van der Waals surface area contributed by atoms with Crippen LogP contribution in [0.2, 0.25) is 0 Å². The van der Waals surface area contributed by atoms with Crippen molar-refractivity contribution in [2.24, 2.45) is 0 Å². The minimum atomic E-state index is 0.0775. The summed E-state index contributed by atoms with van der Waals surface area (Å²) in [5, 5.41) is 3.79. The van der Waals surface area contributed by atoms with Crippen LogP contribution >= 0.6 is 11.8 Å². The number of nitrogens with one attached hydrogen (secondary N) is 1. The molecule has 0 aromatic rings. The van der Waals surface area contributed by atoms with Crippen molar-refractivity contribution in [3.63, 3.8) is 0 Å². The topological polar surface area (TPSA) is 29.1 Å². The second kappa shape index (κ2) is 4.44. The average molecular weight is 145 g/mol. The summed E-state index contributed by atoms with van der Waals surface area (Å²) in [5.41, 5.74) is 0. The summed E-state index contributed by atoms with van der Waals surface area (Å²) in [5.74, 6) is 0.0775. The van der Waals surface area contributed by atoms with E-state index < -0.39 is 0 Å². The maximum absolute atomic E-state index is 10.4. The van der Waals surface area contributed by atoms with Gasteiger partial charge >= 0.3 is 0 Å². The zero-order valence-electron chi connectivity index (χ0n) is 5.89. The Kier molecular flexibility index (Phi) is 4.22. The Balaban J connectivity index is 3.91. The zero-order chi connectivity index (χ0) is 7.28. The van der Waals surface area contributed by atoms with Gasteiger partial charge < -0.3 is 5.32 Å².